The molecule has 0 aliphatic heterocycles. The first-order chi connectivity index (χ1) is 8.99. The van der Waals surface area contributed by atoms with Crippen LogP contribution in [-0.2, 0) is 0 Å². The summed E-state index contributed by atoms with van der Waals surface area (Å²) in [5.74, 6) is 0. The van der Waals surface area contributed by atoms with E-state index in [9.17, 15) is 0 Å². The van der Waals surface area contributed by atoms with Crippen molar-refractivity contribution in [3.05, 3.63) is 0 Å². The second kappa shape index (κ2) is 11.4. The Kier molecular flexibility index (Phi) is 11.8. The van der Waals surface area contributed by atoms with Crippen LogP contribution in [0.4, 0.5) is 0 Å². The molecule has 0 fully saturated rings. The van der Waals surface area contributed by atoms with Gasteiger partial charge in [-0.2, -0.15) is 0 Å². The van der Waals surface area contributed by atoms with Gasteiger partial charge in [-0.05, 0) is 0 Å². The van der Waals surface area contributed by atoms with E-state index in [-0.39, 0.29) is 0 Å². The fourth-order valence-electron chi connectivity index (χ4n) is 2.77. The minimum absolute atomic E-state index is 1.22. The van der Waals surface area contributed by atoms with Crippen LogP contribution in [0.2, 0.25) is 18.8 Å². The molecule has 0 saturated carbocycles. The molecule has 0 heterocycles. The first-order valence-electron chi connectivity index (χ1n) is 8.43. The van der Waals surface area contributed by atoms with E-state index in [1.165, 1.54) is 52.1 Å². The zero-order chi connectivity index (χ0) is 14.7. The fourth-order valence-corrected chi connectivity index (χ4v) is 9.85. The molecule has 0 saturated heterocycles. The van der Waals surface area contributed by atoms with E-state index in [2.05, 4.69) is 47.4 Å². The summed E-state index contributed by atoms with van der Waals surface area (Å²) in [7, 11) is 0. The Bertz CT molecular complexity index is 179. The summed E-state index contributed by atoms with van der Waals surface area (Å²) >= 11 is -1.69. The third kappa shape index (κ3) is 10.1. The average molecular weight is 377 g/mol. The monoisotopic (exact) mass is 378 g/mol. The fraction of sp³-hybridized carbons (Fsp3) is 1.00. The zero-order valence-electron chi connectivity index (χ0n) is 14.5. The van der Waals surface area contributed by atoms with Crippen LogP contribution < -0.4 is 0 Å². The number of rotatable bonds is 12. The van der Waals surface area contributed by atoms with E-state index in [0.717, 1.165) is 0 Å². The van der Waals surface area contributed by atoms with Gasteiger partial charge in [0.05, 0.1) is 0 Å². The Morgan fingerprint density at radius 1 is 0.632 bits per heavy atom. The summed E-state index contributed by atoms with van der Waals surface area (Å²) in [4.78, 5) is 10.4. The van der Waals surface area contributed by atoms with Crippen molar-refractivity contribution in [2.75, 3.05) is 39.3 Å². The van der Waals surface area contributed by atoms with Gasteiger partial charge in [0.25, 0.3) is 0 Å². The zero-order valence-corrected chi connectivity index (χ0v) is 17.3. The molecule has 0 amide bonds. The Morgan fingerprint density at radius 2 is 0.947 bits per heavy atom. The molecule has 0 unspecified atom stereocenters. The Morgan fingerprint density at radius 3 is 1.21 bits per heavy atom. The number of hydrogen-bond acceptors (Lipinski definition) is 2. The van der Waals surface area contributed by atoms with E-state index < -0.39 is 18.4 Å². The standard InChI is InChI=1S/2C7H16N.2CH3.Sn/c2*1-4-7-8(5-2)6-3;;;/h2*1,4-7H2,2-3H3;2*1H3;. The van der Waals surface area contributed by atoms with E-state index in [0.29, 0.717) is 0 Å². The second-order valence-electron chi connectivity index (χ2n) is 6.43. The van der Waals surface area contributed by atoms with E-state index >= 15 is 0 Å². The molecule has 0 aliphatic rings. The SMILES string of the molecule is CCN(CC)CC[CH2][Sn]([CH3])([CH3])[CH2]CCN(CC)CC. The van der Waals surface area contributed by atoms with Gasteiger partial charge < -0.3 is 0 Å². The molecule has 0 spiro atoms. The van der Waals surface area contributed by atoms with Crippen molar-refractivity contribution in [3.63, 3.8) is 0 Å². The van der Waals surface area contributed by atoms with Gasteiger partial charge in [-0.15, -0.1) is 0 Å². The molecule has 19 heavy (non-hydrogen) atoms. The van der Waals surface area contributed by atoms with Crippen LogP contribution in [0, 0.1) is 0 Å². The summed E-state index contributed by atoms with van der Waals surface area (Å²) in [6.45, 7) is 16.6. The molecule has 2 nitrogen and oxygen atoms in total. The quantitative estimate of drug-likeness (QED) is 0.472. The molecule has 0 bridgehead atoms. The van der Waals surface area contributed by atoms with Gasteiger partial charge in [0.1, 0.15) is 0 Å². The van der Waals surface area contributed by atoms with Gasteiger partial charge in [0.15, 0.2) is 0 Å². The molecular weight excluding hydrogens is 339 g/mol. The minimum atomic E-state index is -1.69. The second-order valence-corrected chi connectivity index (χ2v) is 21.6. The van der Waals surface area contributed by atoms with Crippen molar-refractivity contribution in [2.45, 2.75) is 59.3 Å². The Balaban J connectivity index is 3.79. The molecule has 0 radical (unpaired) electrons. The summed E-state index contributed by atoms with van der Waals surface area (Å²) in [6.07, 6.45) is 2.88. The van der Waals surface area contributed by atoms with Gasteiger partial charge >= 0.3 is 127 Å². The topological polar surface area (TPSA) is 6.48 Å². The van der Waals surface area contributed by atoms with Gasteiger partial charge in [0.2, 0.25) is 0 Å². The molecule has 0 aromatic carbocycles. The number of nitrogens with zero attached hydrogens (tertiary/aromatic N) is 2. The van der Waals surface area contributed by atoms with Gasteiger partial charge in [-0.1, -0.05) is 0 Å². The van der Waals surface area contributed by atoms with Crippen molar-refractivity contribution in [2.24, 2.45) is 0 Å². The van der Waals surface area contributed by atoms with Crippen LogP contribution in [-0.4, -0.2) is 67.4 Å². The molecule has 116 valence electrons. The van der Waals surface area contributed by atoms with Gasteiger partial charge in [-0.3, -0.25) is 0 Å². The Hall–Kier alpha value is 0.719. The summed E-state index contributed by atoms with van der Waals surface area (Å²) in [5.41, 5.74) is 0. The van der Waals surface area contributed by atoms with Crippen LogP contribution in [0.5, 0.6) is 0 Å². The molecule has 0 aliphatic carbocycles. The van der Waals surface area contributed by atoms with Crippen LogP contribution >= 0.6 is 0 Å². The van der Waals surface area contributed by atoms with Crippen molar-refractivity contribution in [3.8, 4) is 0 Å². The molecule has 0 atom stereocenters. The molecule has 3 heteroatoms. The third-order valence-electron chi connectivity index (χ3n) is 4.44. The van der Waals surface area contributed by atoms with E-state index in [1.807, 2.05) is 0 Å². The predicted molar refractivity (Wildman–Crippen MR) is 91.9 cm³/mol. The van der Waals surface area contributed by atoms with Crippen LogP contribution in [0.25, 0.3) is 0 Å². The molecule has 0 rings (SSSR count). The summed E-state index contributed by atoms with van der Waals surface area (Å²) < 4.78 is 3.15. The summed E-state index contributed by atoms with van der Waals surface area (Å²) in [6, 6.07) is 0. The number of hydrogen-bond donors (Lipinski definition) is 0. The maximum absolute atomic E-state index is 2.65. The first-order valence-corrected chi connectivity index (χ1v) is 18.2. The summed E-state index contributed by atoms with van der Waals surface area (Å²) in [5, 5.41) is 0. The average Bonchev–Trinajstić information content (AvgIpc) is 2.39. The van der Waals surface area contributed by atoms with Crippen LogP contribution in [0.15, 0.2) is 0 Å². The normalized spacial score (nSPS) is 12.6. The van der Waals surface area contributed by atoms with E-state index in [4.69, 9.17) is 0 Å². The Labute approximate surface area is 126 Å². The third-order valence-corrected chi connectivity index (χ3v) is 14.2. The molecular formula is C16H38N2Sn. The van der Waals surface area contributed by atoms with Crippen LogP contribution in [0.1, 0.15) is 40.5 Å². The predicted octanol–water partition coefficient (Wildman–Crippen LogP) is 4.16. The van der Waals surface area contributed by atoms with Crippen molar-refractivity contribution in [1.29, 1.82) is 0 Å². The first kappa shape index (κ1) is 19.7. The van der Waals surface area contributed by atoms with Gasteiger partial charge in [-0.25, -0.2) is 0 Å². The molecule has 0 aromatic heterocycles. The van der Waals surface area contributed by atoms with Crippen molar-refractivity contribution in [1.82, 2.24) is 9.80 Å². The maximum atomic E-state index is 2.65. The van der Waals surface area contributed by atoms with Crippen molar-refractivity contribution >= 4 is 18.4 Å². The molecule has 0 N–H and O–H groups in total. The van der Waals surface area contributed by atoms with Crippen molar-refractivity contribution < 1.29 is 0 Å². The van der Waals surface area contributed by atoms with Gasteiger partial charge in [0, 0.05) is 0 Å². The van der Waals surface area contributed by atoms with Crippen LogP contribution in [0.3, 0.4) is 0 Å². The van der Waals surface area contributed by atoms with E-state index in [1.54, 1.807) is 8.87 Å². The molecule has 0 aromatic rings.